The number of hydrogen-bond donors (Lipinski definition) is 1. The lowest BCUT2D eigenvalue weighted by atomic mass is 10.1. The van der Waals surface area contributed by atoms with Crippen LogP contribution in [0.3, 0.4) is 0 Å². The minimum absolute atomic E-state index is 0.320. The Hall–Kier alpha value is -1.46. The van der Waals surface area contributed by atoms with Crippen molar-refractivity contribution in [3.8, 4) is 11.3 Å². The molecule has 0 unspecified atom stereocenters. The first kappa shape index (κ1) is 13.5. The first-order chi connectivity index (χ1) is 9.72. The summed E-state index contributed by atoms with van der Waals surface area (Å²) in [6, 6.07) is 10.4. The minimum atomic E-state index is 0.320. The molecule has 2 N–H and O–H groups in total. The molecule has 1 saturated heterocycles. The van der Waals surface area contributed by atoms with Gasteiger partial charge in [0.15, 0.2) is 0 Å². The fourth-order valence-electron chi connectivity index (χ4n) is 2.38. The van der Waals surface area contributed by atoms with Crippen molar-refractivity contribution in [2.75, 3.05) is 18.0 Å². The summed E-state index contributed by atoms with van der Waals surface area (Å²) in [6.07, 6.45) is 3.84. The Balaban J connectivity index is 1.84. The molecule has 1 aromatic heterocycles. The number of rotatable bonds is 2. The van der Waals surface area contributed by atoms with Gasteiger partial charge in [0.2, 0.25) is 5.95 Å². The zero-order valence-electron chi connectivity index (χ0n) is 11.2. The summed E-state index contributed by atoms with van der Waals surface area (Å²) in [5.74, 6) is 0.803. The summed E-state index contributed by atoms with van der Waals surface area (Å²) >= 11 is 3.45. The molecule has 0 spiro atoms. The molecule has 2 heterocycles. The maximum absolute atomic E-state index is 5.94. The molecule has 2 aromatic rings. The molecule has 0 saturated carbocycles. The molecule has 0 atom stereocenters. The minimum Gasteiger partial charge on any atom is -0.341 e. The van der Waals surface area contributed by atoms with Crippen molar-refractivity contribution in [2.24, 2.45) is 5.73 Å². The third-order valence-corrected chi connectivity index (χ3v) is 4.13. The van der Waals surface area contributed by atoms with Crippen molar-refractivity contribution < 1.29 is 0 Å². The highest BCUT2D eigenvalue weighted by Crippen LogP contribution is 2.22. The number of hydrogen-bond acceptors (Lipinski definition) is 4. The summed E-state index contributed by atoms with van der Waals surface area (Å²) in [5, 5.41) is 0. The monoisotopic (exact) mass is 332 g/mol. The van der Waals surface area contributed by atoms with Crippen molar-refractivity contribution in [3.05, 3.63) is 41.0 Å². The van der Waals surface area contributed by atoms with E-state index < -0.39 is 0 Å². The van der Waals surface area contributed by atoms with Crippen LogP contribution in [0.25, 0.3) is 11.3 Å². The van der Waals surface area contributed by atoms with E-state index in [0.29, 0.717) is 6.04 Å². The molecule has 1 aromatic carbocycles. The van der Waals surface area contributed by atoms with Crippen LogP contribution < -0.4 is 10.6 Å². The molecule has 104 valence electrons. The summed E-state index contributed by atoms with van der Waals surface area (Å²) in [7, 11) is 0. The van der Waals surface area contributed by atoms with Crippen LogP contribution in [0.5, 0.6) is 0 Å². The average Bonchev–Trinajstić information content (AvgIpc) is 2.49. The van der Waals surface area contributed by atoms with E-state index in [9.17, 15) is 0 Å². The molecule has 1 fully saturated rings. The first-order valence-corrected chi connectivity index (χ1v) is 7.61. The smallest absolute Gasteiger partial charge is 0.225 e. The summed E-state index contributed by atoms with van der Waals surface area (Å²) in [5.41, 5.74) is 8.00. The molecule has 0 bridgehead atoms. The molecule has 0 amide bonds. The van der Waals surface area contributed by atoms with Crippen molar-refractivity contribution in [1.29, 1.82) is 0 Å². The van der Waals surface area contributed by atoms with Gasteiger partial charge in [-0.2, -0.15) is 0 Å². The second-order valence-corrected chi connectivity index (χ2v) is 5.99. The van der Waals surface area contributed by atoms with Gasteiger partial charge in [-0.25, -0.2) is 9.97 Å². The number of piperidine rings is 1. The Labute approximate surface area is 127 Å². The lowest BCUT2D eigenvalue weighted by molar-refractivity contribution is 0.495. The van der Waals surface area contributed by atoms with Crippen molar-refractivity contribution in [3.63, 3.8) is 0 Å². The van der Waals surface area contributed by atoms with Gasteiger partial charge in [-0.1, -0.05) is 28.1 Å². The highest BCUT2D eigenvalue weighted by Gasteiger charge is 2.18. The highest BCUT2D eigenvalue weighted by atomic mass is 79.9. The van der Waals surface area contributed by atoms with Crippen LogP contribution in [0.2, 0.25) is 0 Å². The average molecular weight is 333 g/mol. The van der Waals surface area contributed by atoms with E-state index in [-0.39, 0.29) is 0 Å². The second kappa shape index (κ2) is 5.89. The number of halogens is 1. The van der Waals surface area contributed by atoms with E-state index in [4.69, 9.17) is 5.73 Å². The largest absolute Gasteiger partial charge is 0.341 e. The van der Waals surface area contributed by atoms with Crippen LogP contribution in [-0.2, 0) is 0 Å². The Kier molecular flexibility index (Phi) is 3.98. The van der Waals surface area contributed by atoms with Gasteiger partial charge in [0.05, 0.1) is 5.69 Å². The Morgan fingerprint density at radius 2 is 1.80 bits per heavy atom. The maximum atomic E-state index is 5.94. The van der Waals surface area contributed by atoms with Gasteiger partial charge in [-0.3, -0.25) is 0 Å². The van der Waals surface area contributed by atoms with Crippen molar-refractivity contribution in [2.45, 2.75) is 18.9 Å². The molecule has 4 nitrogen and oxygen atoms in total. The van der Waals surface area contributed by atoms with Crippen LogP contribution in [0.1, 0.15) is 12.8 Å². The van der Waals surface area contributed by atoms with Crippen LogP contribution >= 0.6 is 15.9 Å². The predicted molar refractivity (Wildman–Crippen MR) is 84.6 cm³/mol. The normalized spacial score (nSPS) is 16.4. The zero-order chi connectivity index (χ0) is 13.9. The highest BCUT2D eigenvalue weighted by molar-refractivity contribution is 9.10. The molecule has 5 heteroatoms. The van der Waals surface area contributed by atoms with Crippen LogP contribution in [0.4, 0.5) is 5.95 Å². The molecular formula is C15H17BrN4. The Morgan fingerprint density at radius 1 is 1.10 bits per heavy atom. The fraction of sp³-hybridized carbons (Fsp3) is 0.333. The van der Waals surface area contributed by atoms with E-state index in [2.05, 4.69) is 42.9 Å². The van der Waals surface area contributed by atoms with Crippen molar-refractivity contribution in [1.82, 2.24) is 9.97 Å². The van der Waals surface area contributed by atoms with Gasteiger partial charge in [-0.05, 0) is 31.0 Å². The number of aromatic nitrogens is 2. The van der Waals surface area contributed by atoms with Gasteiger partial charge in [-0.15, -0.1) is 0 Å². The molecule has 1 aliphatic heterocycles. The quantitative estimate of drug-likeness (QED) is 0.918. The van der Waals surface area contributed by atoms with E-state index >= 15 is 0 Å². The maximum Gasteiger partial charge on any atom is 0.225 e. The van der Waals surface area contributed by atoms with Gasteiger partial charge in [0.1, 0.15) is 0 Å². The van der Waals surface area contributed by atoms with Gasteiger partial charge < -0.3 is 10.6 Å². The summed E-state index contributed by atoms with van der Waals surface area (Å²) in [4.78, 5) is 11.3. The van der Waals surface area contributed by atoms with Crippen LogP contribution in [0, 0.1) is 0 Å². The third-order valence-electron chi connectivity index (χ3n) is 3.61. The molecule has 0 radical (unpaired) electrons. The van der Waals surface area contributed by atoms with Crippen LogP contribution in [0.15, 0.2) is 41.0 Å². The Morgan fingerprint density at radius 3 is 2.50 bits per heavy atom. The topological polar surface area (TPSA) is 55.0 Å². The predicted octanol–water partition coefficient (Wildman–Crippen LogP) is 2.83. The second-order valence-electron chi connectivity index (χ2n) is 5.07. The number of benzene rings is 1. The Bertz CT molecular complexity index is 577. The molecule has 0 aliphatic carbocycles. The van der Waals surface area contributed by atoms with Gasteiger partial charge in [0, 0.05) is 35.4 Å². The van der Waals surface area contributed by atoms with E-state index in [1.165, 1.54) is 0 Å². The number of nitrogens with two attached hydrogens (primary N) is 1. The lowest BCUT2D eigenvalue weighted by Crippen LogP contribution is -2.40. The van der Waals surface area contributed by atoms with Crippen molar-refractivity contribution >= 4 is 21.9 Å². The SMILES string of the molecule is NC1CCN(c2nccc(-c3ccc(Br)cc3)n2)CC1. The van der Waals surface area contributed by atoms with Crippen LogP contribution in [-0.4, -0.2) is 29.1 Å². The standard InChI is InChI=1S/C15H17BrN4/c16-12-3-1-11(2-4-12)14-5-8-18-15(19-14)20-9-6-13(17)7-10-20/h1-5,8,13H,6-7,9-10,17H2. The molecule has 3 rings (SSSR count). The zero-order valence-corrected chi connectivity index (χ0v) is 12.8. The number of nitrogens with zero attached hydrogens (tertiary/aromatic N) is 3. The van der Waals surface area contributed by atoms with E-state index in [1.54, 1.807) is 0 Å². The molecule has 20 heavy (non-hydrogen) atoms. The fourth-order valence-corrected chi connectivity index (χ4v) is 2.65. The number of anilines is 1. The third kappa shape index (κ3) is 2.99. The molecular weight excluding hydrogens is 316 g/mol. The molecule has 1 aliphatic rings. The van der Waals surface area contributed by atoms with E-state index in [0.717, 1.165) is 47.6 Å². The summed E-state index contributed by atoms with van der Waals surface area (Å²) in [6.45, 7) is 1.87. The van der Waals surface area contributed by atoms with E-state index in [1.807, 2.05) is 24.4 Å². The van der Waals surface area contributed by atoms with Gasteiger partial charge in [0.25, 0.3) is 0 Å². The first-order valence-electron chi connectivity index (χ1n) is 6.82. The summed E-state index contributed by atoms with van der Waals surface area (Å²) < 4.78 is 1.07. The van der Waals surface area contributed by atoms with Gasteiger partial charge >= 0.3 is 0 Å². The lowest BCUT2D eigenvalue weighted by Gasteiger charge is -2.30.